The number of halogens is 1. The van der Waals surface area contributed by atoms with Gasteiger partial charge >= 0.3 is 17.9 Å². The number of ether oxygens (including phenoxy) is 3. The Kier molecular flexibility index (Phi) is 5.82. The molecule has 2 saturated heterocycles. The number of nitrogens with one attached hydrogen (secondary N) is 1. The smallest absolute Gasteiger partial charge is 0.418 e. The molecule has 192 valence electrons. The van der Waals surface area contributed by atoms with Crippen LogP contribution in [0, 0.1) is 0 Å². The van der Waals surface area contributed by atoms with Crippen LogP contribution in [0.25, 0.3) is 21.0 Å². The van der Waals surface area contributed by atoms with E-state index in [0.29, 0.717) is 17.1 Å². The van der Waals surface area contributed by atoms with Gasteiger partial charge in [0.2, 0.25) is 0 Å². The van der Waals surface area contributed by atoms with Crippen LogP contribution in [-0.4, -0.2) is 46.7 Å². The topological polar surface area (TPSA) is 101 Å². The summed E-state index contributed by atoms with van der Waals surface area (Å²) < 4.78 is 17.0. The van der Waals surface area contributed by atoms with E-state index in [1.807, 2.05) is 35.6 Å². The van der Waals surface area contributed by atoms with Crippen LogP contribution in [0.4, 0.5) is 5.82 Å². The van der Waals surface area contributed by atoms with Crippen molar-refractivity contribution in [1.29, 1.82) is 0 Å². The first kappa shape index (κ1) is 24.1. The zero-order valence-corrected chi connectivity index (χ0v) is 21.8. The Bertz CT molecular complexity index is 1510. The zero-order valence-electron chi connectivity index (χ0n) is 20.2. The Hall–Kier alpha value is -3.27. The number of aliphatic hydroxyl groups excluding tert-OH is 1. The van der Waals surface area contributed by atoms with Crippen LogP contribution in [0.2, 0.25) is 5.02 Å². The second-order valence-corrected chi connectivity index (χ2v) is 11.2. The summed E-state index contributed by atoms with van der Waals surface area (Å²) in [5, 5.41) is 12.9. The fourth-order valence-electron chi connectivity index (χ4n) is 5.18. The number of rotatable bonds is 5. The second kappa shape index (κ2) is 8.93. The minimum atomic E-state index is -2.22. The van der Waals surface area contributed by atoms with Gasteiger partial charge in [-0.2, -0.15) is 0 Å². The number of H-pyrrole nitrogens is 1. The maximum absolute atomic E-state index is 11.7. The van der Waals surface area contributed by atoms with Crippen LogP contribution in [0.5, 0.6) is 5.75 Å². The molecule has 2 N–H and O–H groups in total. The summed E-state index contributed by atoms with van der Waals surface area (Å²) in [4.78, 5) is 30.6. The van der Waals surface area contributed by atoms with Gasteiger partial charge < -0.3 is 29.2 Å². The zero-order chi connectivity index (χ0) is 25.9. The van der Waals surface area contributed by atoms with Crippen LogP contribution >= 0.6 is 22.9 Å². The third kappa shape index (κ3) is 4.21. The molecule has 0 unspecified atom stereocenters. The minimum absolute atomic E-state index is 0.283. The Morgan fingerprint density at radius 2 is 1.97 bits per heavy atom. The maximum atomic E-state index is 11.7. The molecule has 0 aliphatic carbocycles. The molecule has 8 nitrogen and oxygen atoms in total. The number of hydrogen-bond donors (Lipinski definition) is 2. The van der Waals surface area contributed by atoms with Crippen LogP contribution in [-0.2, 0) is 19.1 Å². The highest BCUT2D eigenvalue weighted by molar-refractivity contribution is 7.19. The van der Waals surface area contributed by atoms with E-state index in [1.54, 1.807) is 12.1 Å². The van der Waals surface area contributed by atoms with E-state index in [4.69, 9.17) is 25.8 Å². The monoisotopic (exact) mass is 540 g/mol. The third-order valence-corrected chi connectivity index (χ3v) is 8.59. The standard InChI is InChI=1S/C27H25ClN2O6S/c1-14-10-17(22-11-16-6-7-18(28)12-23(16)37-22)8-9-30(14)24-13-19-20(29-24)4-3-5-21(19)34-27(15(2)31)35-25(32)26(33)36-27/h3-7,11-15,17,29,31H,8-10H2,1-2H3/t14-,15+,17+/m1/s1. The number of aromatic nitrogens is 1. The summed E-state index contributed by atoms with van der Waals surface area (Å²) >= 11 is 8.00. The number of carbonyl (C=O) groups is 2. The number of esters is 2. The number of carbonyl (C=O) groups excluding carboxylic acids is 2. The van der Waals surface area contributed by atoms with Gasteiger partial charge in [-0.3, -0.25) is 0 Å². The molecule has 0 radical (unpaired) electrons. The average Bonchev–Trinajstić information content (AvgIpc) is 3.55. The predicted molar refractivity (Wildman–Crippen MR) is 141 cm³/mol. The number of fused-ring (bicyclic) bond motifs is 2. The number of piperidine rings is 1. The van der Waals surface area contributed by atoms with Gasteiger partial charge in [-0.05, 0) is 74.4 Å². The van der Waals surface area contributed by atoms with Gasteiger partial charge in [0, 0.05) is 32.6 Å². The molecule has 10 heteroatoms. The minimum Gasteiger partial charge on any atom is -0.418 e. The molecule has 2 fully saturated rings. The van der Waals surface area contributed by atoms with Gasteiger partial charge in [0.05, 0.1) is 5.52 Å². The number of nitrogens with zero attached hydrogens (tertiary/aromatic N) is 1. The molecule has 4 aromatic rings. The molecular weight excluding hydrogens is 516 g/mol. The van der Waals surface area contributed by atoms with Crippen LogP contribution in [0.15, 0.2) is 48.5 Å². The highest BCUT2D eigenvalue weighted by atomic mass is 35.5. The van der Waals surface area contributed by atoms with E-state index in [-0.39, 0.29) is 6.04 Å². The lowest BCUT2D eigenvalue weighted by atomic mass is 9.90. The Morgan fingerprint density at radius 1 is 1.19 bits per heavy atom. The second-order valence-electron chi connectivity index (χ2n) is 9.63. The molecule has 0 amide bonds. The van der Waals surface area contributed by atoms with Gasteiger partial charge in [0.15, 0.2) is 6.10 Å². The summed E-state index contributed by atoms with van der Waals surface area (Å²) in [7, 11) is 0. The van der Waals surface area contributed by atoms with Gasteiger partial charge in [-0.15, -0.1) is 11.3 Å². The van der Waals surface area contributed by atoms with Crippen molar-refractivity contribution < 1.29 is 28.9 Å². The van der Waals surface area contributed by atoms with Crippen LogP contribution in [0.3, 0.4) is 0 Å². The quantitative estimate of drug-likeness (QED) is 0.261. The summed E-state index contributed by atoms with van der Waals surface area (Å²) in [5.41, 5.74) is 0.805. The summed E-state index contributed by atoms with van der Waals surface area (Å²) in [6, 6.07) is 15.9. The highest BCUT2D eigenvalue weighted by Gasteiger charge is 2.56. The number of aromatic amines is 1. The van der Waals surface area contributed by atoms with Crippen molar-refractivity contribution in [2.75, 3.05) is 11.4 Å². The molecular formula is C27H25ClN2O6S. The van der Waals surface area contributed by atoms with E-state index in [9.17, 15) is 14.7 Å². The molecule has 4 heterocycles. The van der Waals surface area contributed by atoms with E-state index in [1.165, 1.54) is 21.9 Å². The first-order valence-corrected chi connectivity index (χ1v) is 13.3. The fourth-order valence-corrected chi connectivity index (χ4v) is 6.67. The third-order valence-electron chi connectivity index (χ3n) is 7.10. The molecule has 2 aromatic heterocycles. The van der Waals surface area contributed by atoms with Crippen molar-refractivity contribution in [1.82, 2.24) is 4.98 Å². The Morgan fingerprint density at radius 3 is 2.70 bits per heavy atom. The van der Waals surface area contributed by atoms with E-state index in [2.05, 4.69) is 28.9 Å². The van der Waals surface area contributed by atoms with Crippen molar-refractivity contribution >= 4 is 61.7 Å². The highest BCUT2D eigenvalue weighted by Crippen LogP contribution is 2.41. The van der Waals surface area contributed by atoms with Gasteiger partial charge in [0.1, 0.15) is 11.6 Å². The molecule has 0 spiro atoms. The van der Waals surface area contributed by atoms with E-state index in [0.717, 1.165) is 35.7 Å². The molecule has 0 saturated carbocycles. The van der Waals surface area contributed by atoms with Crippen LogP contribution in [0.1, 0.15) is 37.5 Å². The lowest BCUT2D eigenvalue weighted by Gasteiger charge is -2.38. The number of benzene rings is 2. The molecule has 2 aromatic carbocycles. The number of hydrogen-bond acceptors (Lipinski definition) is 8. The van der Waals surface area contributed by atoms with E-state index >= 15 is 0 Å². The molecule has 2 aliphatic rings. The average molecular weight is 541 g/mol. The molecule has 37 heavy (non-hydrogen) atoms. The number of thiophene rings is 1. The molecule has 0 bridgehead atoms. The molecule has 2 aliphatic heterocycles. The number of anilines is 1. The summed E-state index contributed by atoms with van der Waals surface area (Å²) in [6.07, 6.45) is 0.623. The SMILES string of the molecule is C[C@@H]1C[C@@H](c2cc3ccc(Cl)cc3s2)CCN1c1cc2c(OC3([C@H](C)O)OC(=O)C(=O)O3)cccc2[nH]1. The number of aliphatic hydroxyl groups is 1. The van der Waals surface area contributed by atoms with Gasteiger partial charge in [0.25, 0.3) is 0 Å². The predicted octanol–water partition coefficient (Wildman–Crippen LogP) is 5.32. The normalized spacial score (nSPS) is 22.3. The lowest BCUT2D eigenvalue weighted by molar-refractivity contribution is -0.313. The maximum Gasteiger partial charge on any atom is 0.449 e. The van der Waals surface area contributed by atoms with Crippen molar-refractivity contribution in [3.05, 3.63) is 58.4 Å². The van der Waals surface area contributed by atoms with Gasteiger partial charge in [-0.1, -0.05) is 23.7 Å². The Balaban J connectivity index is 1.24. The fraction of sp³-hybridized carbons (Fsp3) is 0.333. The van der Waals surface area contributed by atoms with Crippen molar-refractivity contribution in [3.8, 4) is 5.75 Å². The lowest BCUT2D eigenvalue weighted by Crippen LogP contribution is -2.47. The first-order valence-electron chi connectivity index (χ1n) is 12.1. The van der Waals surface area contributed by atoms with Crippen molar-refractivity contribution in [2.24, 2.45) is 0 Å². The molecule has 6 rings (SSSR count). The summed E-state index contributed by atoms with van der Waals surface area (Å²) in [6.45, 7) is 4.42. The Labute approximate surface area is 221 Å². The van der Waals surface area contributed by atoms with Crippen LogP contribution < -0.4 is 9.64 Å². The number of cyclic esters (lactones) is 2. The van der Waals surface area contributed by atoms with Gasteiger partial charge in [-0.25, -0.2) is 9.59 Å². The molecule has 3 atom stereocenters. The first-order chi connectivity index (χ1) is 17.7. The van der Waals surface area contributed by atoms with E-state index < -0.39 is 24.0 Å². The summed E-state index contributed by atoms with van der Waals surface area (Å²) in [5.74, 6) is -2.91. The van der Waals surface area contributed by atoms with Crippen molar-refractivity contribution in [2.45, 2.75) is 50.7 Å². The van der Waals surface area contributed by atoms with Crippen molar-refractivity contribution in [3.63, 3.8) is 0 Å². The largest absolute Gasteiger partial charge is 0.449 e.